The van der Waals surface area contributed by atoms with Gasteiger partial charge in [-0.3, -0.25) is 4.79 Å². The molecule has 0 radical (unpaired) electrons. The van der Waals surface area contributed by atoms with Gasteiger partial charge in [-0.1, -0.05) is 58.3 Å². The Balaban J connectivity index is 3.48. The molecule has 0 aromatic rings. The van der Waals surface area contributed by atoms with E-state index in [1.165, 1.54) is 38.5 Å². The van der Waals surface area contributed by atoms with E-state index in [1.807, 2.05) is 0 Å². The molecule has 0 aliphatic rings. The van der Waals surface area contributed by atoms with Crippen LogP contribution in [0, 0.1) is 0 Å². The van der Waals surface area contributed by atoms with E-state index >= 15 is 0 Å². The normalized spacial score (nSPS) is 14.5. The predicted molar refractivity (Wildman–Crippen MR) is 110 cm³/mol. The van der Waals surface area contributed by atoms with Crippen LogP contribution in [0.4, 0.5) is 0 Å². The first-order valence-corrected chi connectivity index (χ1v) is 11.0. The molecule has 0 aromatic heterocycles. The summed E-state index contributed by atoms with van der Waals surface area (Å²) < 4.78 is 15.2. The molecule has 0 heterocycles. The molecule has 0 aromatic carbocycles. The van der Waals surface area contributed by atoms with Crippen molar-refractivity contribution < 1.29 is 39.4 Å². The molecule has 8 heteroatoms. The van der Waals surface area contributed by atoms with Crippen LogP contribution in [-0.2, 0) is 19.0 Å². The fourth-order valence-corrected chi connectivity index (χ4v) is 2.67. The lowest BCUT2D eigenvalue weighted by atomic mass is 10.1. The molecular formula is C21H42O8. The van der Waals surface area contributed by atoms with Crippen molar-refractivity contribution >= 4 is 5.97 Å². The number of aliphatic hydroxyl groups excluding tert-OH is 4. The largest absolute Gasteiger partial charge is 0.463 e. The standard InChI is InChI=1S/C21H42O8/c1-2-3-4-5-6-7-8-9-10-11-21(26)29-17-20(25)16-28-15-19(24)14-27-13-18(23)12-22/h18-20,22-25H,2-17H2,1H3. The SMILES string of the molecule is CCCCCCCCCCCC(=O)OCC(O)COCC(O)COCC(O)CO. The highest BCUT2D eigenvalue weighted by Gasteiger charge is 2.12. The second-order valence-electron chi connectivity index (χ2n) is 7.48. The van der Waals surface area contributed by atoms with Gasteiger partial charge in [0.2, 0.25) is 0 Å². The van der Waals surface area contributed by atoms with Gasteiger partial charge in [0, 0.05) is 6.42 Å². The van der Waals surface area contributed by atoms with Crippen molar-refractivity contribution in [1.82, 2.24) is 0 Å². The van der Waals surface area contributed by atoms with Crippen LogP contribution >= 0.6 is 0 Å². The Morgan fingerprint density at radius 3 is 1.66 bits per heavy atom. The van der Waals surface area contributed by atoms with Crippen molar-refractivity contribution in [2.75, 3.05) is 39.6 Å². The maximum absolute atomic E-state index is 11.7. The third-order valence-electron chi connectivity index (χ3n) is 4.37. The minimum absolute atomic E-state index is 0.0547. The van der Waals surface area contributed by atoms with Crippen LogP contribution < -0.4 is 0 Å². The molecule has 3 atom stereocenters. The average Bonchev–Trinajstić information content (AvgIpc) is 2.70. The van der Waals surface area contributed by atoms with Crippen LogP contribution in [0.3, 0.4) is 0 Å². The molecule has 174 valence electrons. The summed E-state index contributed by atoms with van der Waals surface area (Å²) in [7, 11) is 0. The number of aliphatic hydroxyl groups is 4. The summed E-state index contributed by atoms with van der Waals surface area (Å²) in [5.41, 5.74) is 0. The third-order valence-corrected chi connectivity index (χ3v) is 4.37. The molecule has 0 saturated carbocycles. The molecule has 3 unspecified atom stereocenters. The molecule has 0 aliphatic heterocycles. The Morgan fingerprint density at radius 1 is 0.690 bits per heavy atom. The zero-order valence-electron chi connectivity index (χ0n) is 18.0. The summed E-state index contributed by atoms with van der Waals surface area (Å²) in [5, 5.41) is 37.1. The van der Waals surface area contributed by atoms with E-state index in [0.29, 0.717) is 6.42 Å². The van der Waals surface area contributed by atoms with Crippen molar-refractivity contribution in [3.8, 4) is 0 Å². The number of hydrogen-bond acceptors (Lipinski definition) is 8. The highest BCUT2D eigenvalue weighted by Crippen LogP contribution is 2.10. The van der Waals surface area contributed by atoms with Gasteiger partial charge in [-0.05, 0) is 6.42 Å². The predicted octanol–water partition coefficient (Wildman–Crippen LogP) is 1.56. The summed E-state index contributed by atoms with van der Waals surface area (Å²) in [6.07, 6.45) is 8.15. The minimum atomic E-state index is -0.977. The summed E-state index contributed by atoms with van der Waals surface area (Å²) in [4.78, 5) is 11.7. The first kappa shape index (κ1) is 28.2. The van der Waals surface area contributed by atoms with Gasteiger partial charge in [0.25, 0.3) is 0 Å². The molecule has 8 nitrogen and oxygen atoms in total. The van der Waals surface area contributed by atoms with Crippen molar-refractivity contribution in [3.05, 3.63) is 0 Å². The lowest BCUT2D eigenvalue weighted by Crippen LogP contribution is -2.29. The number of unbranched alkanes of at least 4 members (excludes halogenated alkanes) is 8. The smallest absolute Gasteiger partial charge is 0.305 e. The lowest BCUT2D eigenvalue weighted by Gasteiger charge is -2.15. The van der Waals surface area contributed by atoms with Crippen molar-refractivity contribution in [1.29, 1.82) is 0 Å². The molecular weight excluding hydrogens is 380 g/mol. The fraction of sp³-hybridized carbons (Fsp3) is 0.952. The number of hydrogen-bond donors (Lipinski definition) is 4. The summed E-state index contributed by atoms with van der Waals surface area (Å²) in [5.74, 6) is -0.317. The van der Waals surface area contributed by atoms with Crippen LogP contribution in [0.15, 0.2) is 0 Å². The molecule has 0 aliphatic carbocycles. The van der Waals surface area contributed by atoms with Gasteiger partial charge in [0.15, 0.2) is 0 Å². The van der Waals surface area contributed by atoms with E-state index in [1.54, 1.807) is 0 Å². The van der Waals surface area contributed by atoms with E-state index in [0.717, 1.165) is 19.3 Å². The molecule has 0 bridgehead atoms. The maximum Gasteiger partial charge on any atom is 0.305 e. The molecule has 0 saturated heterocycles. The van der Waals surface area contributed by atoms with Crippen molar-refractivity contribution in [2.24, 2.45) is 0 Å². The van der Waals surface area contributed by atoms with E-state index in [9.17, 15) is 15.0 Å². The van der Waals surface area contributed by atoms with Crippen LogP contribution in [0.25, 0.3) is 0 Å². The van der Waals surface area contributed by atoms with E-state index in [-0.39, 0.29) is 39.0 Å². The third kappa shape index (κ3) is 20.3. The molecule has 0 spiro atoms. The van der Waals surface area contributed by atoms with Crippen LogP contribution in [0.2, 0.25) is 0 Å². The highest BCUT2D eigenvalue weighted by atomic mass is 16.6. The number of rotatable bonds is 21. The lowest BCUT2D eigenvalue weighted by molar-refractivity contribution is -0.148. The van der Waals surface area contributed by atoms with Crippen LogP contribution in [0.1, 0.15) is 71.1 Å². The van der Waals surface area contributed by atoms with Crippen molar-refractivity contribution in [2.45, 2.75) is 89.4 Å². The van der Waals surface area contributed by atoms with Gasteiger partial charge in [0.05, 0.1) is 33.0 Å². The quantitative estimate of drug-likeness (QED) is 0.162. The first-order valence-electron chi connectivity index (χ1n) is 11.0. The summed E-state index contributed by atoms with van der Waals surface area (Å²) >= 11 is 0. The second-order valence-corrected chi connectivity index (χ2v) is 7.48. The molecule has 4 N–H and O–H groups in total. The fourth-order valence-electron chi connectivity index (χ4n) is 2.67. The van der Waals surface area contributed by atoms with Gasteiger partial charge in [-0.15, -0.1) is 0 Å². The van der Waals surface area contributed by atoms with Gasteiger partial charge in [-0.25, -0.2) is 0 Å². The number of esters is 1. The number of ether oxygens (including phenoxy) is 3. The Hall–Kier alpha value is -0.770. The Morgan fingerprint density at radius 2 is 1.14 bits per heavy atom. The highest BCUT2D eigenvalue weighted by molar-refractivity contribution is 5.69. The second kappa shape index (κ2) is 20.5. The Bertz CT molecular complexity index is 367. The van der Waals surface area contributed by atoms with E-state index < -0.39 is 24.9 Å². The van der Waals surface area contributed by atoms with Gasteiger partial charge >= 0.3 is 5.97 Å². The monoisotopic (exact) mass is 422 g/mol. The number of carbonyl (C=O) groups excluding carboxylic acids is 1. The van der Waals surface area contributed by atoms with Crippen molar-refractivity contribution in [3.63, 3.8) is 0 Å². The van der Waals surface area contributed by atoms with Crippen LogP contribution in [-0.4, -0.2) is 84.3 Å². The minimum Gasteiger partial charge on any atom is -0.463 e. The Kier molecular flexibility index (Phi) is 20.0. The summed E-state index contributed by atoms with van der Waals surface area (Å²) in [6, 6.07) is 0. The zero-order valence-corrected chi connectivity index (χ0v) is 18.0. The van der Waals surface area contributed by atoms with E-state index in [4.69, 9.17) is 24.4 Å². The summed E-state index contributed by atoms with van der Waals surface area (Å²) in [6.45, 7) is 1.41. The Labute approximate surface area is 175 Å². The van der Waals surface area contributed by atoms with E-state index in [2.05, 4.69) is 6.92 Å². The molecule has 0 amide bonds. The van der Waals surface area contributed by atoms with Gasteiger partial charge < -0.3 is 34.6 Å². The topological polar surface area (TPSA) is 126 Å². The first-order chi connectivity index (χ1) is 14.0. The molecule has 29 heavy (non-hydrogen) atoms. The number of carbonyl (C=O) groups is 1. The average molecular weight is 423 g/mol. The van der Waals surface area contributed by atoms with Crippen LogP contribution in [0.5, 0.6) is 0 Å². The zero-order chi connectivity index (χ0) is 21.7. The van der Waals surface area contributed by atoms with Gasteiger partial charge in [0.1, 0.15) is 24.9 Å². The van der Waals surface area contributed by atoms with Gasteiger partial charge in [-0.2, -0.15) is 0 Å². The molecule has 0 rings (SSSR count). The maximum atomic E-state index is 11.7. The molecule has 0 fully saturated rings.